The van der Waals surface area contributed by atoms with E-state index in [9.17, 15) is 43.8 Å². The highest BCUT2D eigenvalue weighted by molar-refractivity contribution is 5.99. The number of carboxylic acids is 1. The molecule has 0 spiro atoms. The first-order valence-corrected chi connectivity index (χ1v) is 18.9. The van der Waals surface area contributed by atoms with Gasteiger partial charge in [-0.05, 0) is 67.6 Å². The Balaban J connectivity index is 2.23. The predicted octanol–water partition coefficient (Wildman–Crippen LogP) is 2.00. The molecule has 1 aromatic rings. The van der Waals surface area contributed by atoms with Crippen molar-refractivity contribution in [2.24, 2.45) is 17.8 Å². The number of hydrogen-bond acceptors (Lipinski definition) is 8. The number of rotatable bonds is 10. The highest BCUT2D eigenvalue weighted by atomic mass is 16.4. The first-order chi connectivity index (χ1) is 25.2. The zero-order chi connectivity index (χ0) is 40.6. The summed E-state index contributed by atoms with van der Waals surface area (Å²) in [6.07, 6.45) is 0.604. The number of carboxylic acid groups (broad SMARTS) is 1. The summed E-state index contributed by atoms with van der Waals surface area (Å²) in [7, 11) is 4.24. The molecular weight excluding hydrogens is 696 g/mol. The molecular formula is C39H60N6O9. The molecule has 15 nitrogen and oxygen atoms in total. The van der Waals surface area contributed by atoms with Crippen LogP contribution in [0.25, 0.3) is 0 Å². The van der Waals surface area contributed by atoms with Crippen molar-refractivity contribution in [2.45, 2.75) is 123 Å². The number of nitrogens with one attached hydrogen (secondary N) is 2. The summed E-state index contributed by atoms with van der Waals surface area (Å²) in [5.41, 5.74) is 0.638. The molecule has 54 heavy (non-hydrogen) atoms. The standard InChI is InChI=1S/C39H60N6O9/c1-22(2)17-27-36(51)44(9)32(19-24(5)6)39(54)43(8)31(21-33(47)48)35(50)41-28(18-23(3)4)37(52)45-16-10-11-29(45)38(53)42(7)30(34(49)40-27)20-25-12-14-26(46)15-13-25/h12-15,22-24,27-32,46H,10-11,16-21H2,1-9H3,(H,40,49)(H,41,50)(H,47,48)/t27-,28-,29+,30-,31-,32+/m0/s1. The molecule has 0 aromatic heterocycles. The fourth-order valence-corrected chi connectivity index (χ4v) is 7.29. The van der Waals surface area contributed by atoms with E-state index < -0.39 is 84.1 Å². The number of carbonyl (C=O) groups is 7. The average Bonchev–Trinajstić information content (AvgIpc) is 3.59. The minimum absolute atomic E-state index is 0.0246. The van der Waals surface area contributed by atoms with E-state index >= 15 is 0 Å². The second-order valence-electron chi connectivity index (χ2n) is 16.1. The third-order valence-corrected chi connectivity index (χ3v) is 10.2. The van der Waals surface area contributed by atoms with E-state index in [1.807, 2.05) is 41.5 Å². The van der Waals surface area contributed by atoms with Crippen LogP contribution in [0.5, 0.6) is 5.75 Å². The number of amides is 6. The number of likely N-dealkylation sites (N-methyl/N-ethyl adjacent to an activating group) is 3. The molecule has 2 saturated heterocycles. The maximum atomic E-state index is 14.4. The SMILES string of the molecule is CC(C)C[C@@H]1NC(=O)[C@H](Cc2ccc(O)cc2)N(C)C(=O)[C@H]2CCCN2C(=O)[C@H](CC(C)C)NC(=O)[C@H](CC(=O)O)N(C)C(=O)[C@@H](CC(C)C)N(C)C1=O. The lowest BCUT2D eigenvalue weighted by Gasteiger charge is -2.38. The molecule has 4 N–H and O–H groups in total. The van der Waals surface area contributed by atoms with Crippen molar-refractivity contribution in [3.8, 4) is 5.75 Å². The van der Waals surface area contributed by atoms with Gasteiger partial charge in [0.1, 0.15) is 42.0 Å². The van der Waals surface area contributed by atoms with E-state index in [0.29, 0.717) is 18.4 Å². The number of aromatic hydroxyl groups is 1. The van der Waals surface area contributed by atoms with Crippen molar-refractivity contribution in [1.82, 2.24) is 30.2 Å². The van der Waals surface area contributed by atoms with E-state index in [0.717, 1.165) is 4.90 Å². The highest BCUT2D eigenvalue weighted by Crippen LogP contribution is 2.25. The van der Waals surface area contributed by atoms with Crippen LogP contribution in [0.2, 0.25) is 0 Å². The zero-order valence-corrected chi connectivity index (χ0v) is 33.2. The lowest BCUT2D eigenvalue weighted by atomic mass is 9.96. The van der Waals surface area contributed by atoms with E-state index in [1.165, 1.54) is 48.0 Å². The minimum Gasteiger partial charge on any atom is -0.508 e. The van der Waals surface area contributed by atoms with Crippen LogP contribution in [-0.4, -0.2) is 135 Å². The van der Waals surface area contributed by atoms with Gasteiger partial charge in [0.15, 0.2) is 0 Å². The van der Waals surface area contributed by atoms with Crippen LogP contribution in [0, 0.1) is 17.8 Å². The lowest BCUT2D eigenvalue weighted by Crippen LogP contribution is -2.62. The van der Waals surface area contributed by atoms with Crippen LogP contribution in [0.15, 0.2) is 24.3 Å². The number of carbonyl (C=O) groups excluding carboxylic acids is 6. The molecule has 2 aliphatic heterocycles. The summed E-state index contributed by atoms with van der Waals surface area (Å²) < 4.78 is 0. The van der Waals surface area contributed by atoms with Crippen molar-refractivity contribution >= 4 is 41.4 Å². The largest absolute Gasteiger partial charge is 0.508 e. The Morgan fingerprint density at radius 3 is 1.69 bits per heavy atom. The van der Waals surface area contributed by atoms with Gasteiger partial charge < -0.3 is 40.4 Å². The minimum atomic E-state index is -1.52. The molecule has 15 heteroatoms. The van der Waals surface area contributed by atoms with Crippen LogP contribution < -0.4 is 10.6 Å². The topological polar surface area (TPSA) is 197 Å². The predicted molar refractivity (Wildman–Crippen MR) is 201 cm³/mol. The Kier molecular flexibility index (Phi) is 15.4. The first-order valence-electron chi connectivity index (χ1n) is 18.9. The van der Waals surface area contributed by atoms with Crippen LogP contribution in [0.1, 0.15) is 85.6 Å². The van der Waals surface area contributed by atoms with Crippen molar-refractivity contribution in [3.05, 3.63) is 29.8 Å². The molecule has 0 bridgehead atoms. The summed E-state index contributed by atoms with van der Waals surface area (Å²) >= 11 is 0. The number of fused-ring (bicyclic) bond motifs is 1. The number of phenols is 1. The molecule has 0 unspecified atom stereocenters. The average molecular weight is 757 g/mol. The van der Waals surface area contributed by atoms with Gasteiger partial charge in [0.05, 0.1) is 6.42 Å². The molecule has 6 atom stereocenters. The number of phenolic OH excluding ortho intramolecular Hbond substituents is 1. The van der Waals surface area contributed by atoms with Gasteiger partial charge in [0, 0.05) is 34.1 Å². The van der Waals surface area contributed by atoms with Crippen LogP contribution in [-0.2, 0) is 40.0 Å². The molecule has 2 heterocycles. The maximum absolute atomic E-state index is 14.4. The molecule has 300 valence electrons. The number of benzene rings is 1. The van der Waals surface area contributed by atoms with Gasteiger partial charge in [-0.25, -0.2) is 0 Å². The quantitative estimate of drug-likeness (QED) is 0.276. The Hall–Kier alpha value is -4.69. The molecule has 1 aromatic carbocycles. The summed E-state index contributed by atoms with van der Waals surface area (Å²) in [6, 6.07) is -0.780. The van der Waals surface area contributed by atoms with Gasteiger partial charge in [-0.1, -0.05) is 53.7 Å². The van der Waals surface area contributed by atoms with E-state index in [4.69, 9.17) is 0 Å². The Morgan fingerprint density at radius 2 is 1.17 bits per heavy atom. The highest BCUT2D eigenvalue weighted by Gasteiger charge is 2.44. The molecule has 2 aliphatic rings. The molecule has 3 rings (SSSR count). The van der Waals surface area contributed by atoms with Crippen molar-refractivity contribution < 1.29 is 43.8 Å². The van der Waals surface area contributed by atoms with E-state index in [1.54, 1.807) is 12.1 Å². The summed E-state index contributed by atoms with van der Waals surface area (Å²) in [4.78, 5) is 103. The zero-order valence-electron chi connectivity index (χ0n) is 33.2. The van der Waals surface area contributed by atoms with Crippen LogP contribution in [0.4, 0.5) is 0 Å². The van der Waals surface area contributed by atoms with Crippen molar-refractivity contribution in [1.29, 1.82) is 0 Å². The first kappa shape index (κ1) is 43.7. The normalized spacial score (nSPS) is 25.6. The molecule has 2 fully saturated rings. The fraction of sp³-hybridized carbons (Fsp3) is 0.667. The number of aliphatic carboxylic acids is 1. The van der Waals surface area contributed by atoms with E-state index in [2.05, 4.69) is 10.6 Å². The summed E-state index contributed by atoms with van der Waals surface area (Å²) in [5, 5.41) is 25.4. The second-order valence-corrected chi connectivity index (χ2v) is 16.1. The van der Waals surface area contributed by atoms with Crippen LogP contribution >= 0.6 is 0 Å². The van der Waals surface area contributed by atoms with E-state index in [-0.39, 0.29) is 55.7 Å². The smallest absolute Gasteiger partial charge is 0.305 e. The van der Waals surface area contributed by atoms with Gasteiger partial charge in [-0.2, -0.15) is 0 Å². The molecule has 0 radical (unpaired) electrons. The lowest BCUT2D eigenvalue weighted by molar-refractivity contribution is -0.153. The van der Waals surface area contributed by atoms with Gasteiger partial charge >= 0.3 is 5.97 Å². The van der Waals surface area contributed by atoms with Gasteiger partial charge in [-0.3, -0.25) is 33.6 Å². The molecule has 6 amide bonds. The number of hydrogen-bond donors (Lipinski definition) is 4. The monoisotopic (exact) mass is 756 g/mol. The van der Waals surface area contributed by atoms with Crippen molar-refractivity contribution in [2.75, 3.05) is 27.7 Å². The van der Waals surface area contributed by atoms with Crippen molar-refractivity contribution in [3.63, 3.8) is 0 Å². The Bertz CT molecular complexity index is 1530. The Labute approximate surface area is 318 Å². The fourth-order valence-electron chi connectivity index (χ4n) is 7.29. The second kappa shape index (κ2) is 19.1. The van der Waals surface area contributed by atoms with Gasteiger partial charge in [0.25, 0.3) is 0 Å². The van der Waals surface area contributed by atoms with Gasteiger partial charge in [0.2, 0.25) is 35.4 Å². The van der Waals surface area contributed by atoms with Gasteiger partial charge in [-0.15, -0.1) is 0 Å². The Morgan fingerprint density at radius 1 is 0.685 bits per heavy atom. The van der Waals surface area contributed by atoms with Crippen LogP contribution in [0.3, 0.4) is 0 Å². The maximum Gasteiger partial charge on any atom is 0.305 e. The summed E-state index contributed by atoms with van der Waals surface area (Å²) in [6.45, 7) is 11.4. The third-order valence-electron chi connectivity index (χ3n) is 10.2. The molecule has 0 aliphatic carbocycles. The summed E-state index contributed by atoms with van der Waals surface area (Å²) in [5.74, 6) is -5.31. The number of nitrogens with zero attached hydrogens (tertiary/aromatic N) is 4. The molecule has 0 saturated carbocycles. The third kappa shape index (κ3) is 11.2.